The standard InChI is InChI=1S/C5H10N2O3.C5H9NO4.C4H7NO4/c2*6-3(5(9)10)1-2-4(7)8;5-2(4(8)9)1-3(6)7/h3H,1-2,6H2,(H2,7,8)(H,9,10);3H,1-2,6H2,(H,7,8)(H,9,10);2H,1,5H2,(H,6,7)(H,8,9)/t2*3-;2-/m000/s1. The fourth-order valence-corrected chi connectivity index (χ4v) is 1.10. The van der Waals surface area contributed by atoms with E-state index >= 15 is 0 Å². The van der Waals surface area contributed by atoms with Crippen molar-refractivity contribution in [2.45, 2.75) is 50.2 Å². The lowest BCUT2D eigenvalue weighted by atomic mass is 10.2. The molecule has 0 aromatic carbocycles. The van der Waals surface area contributed by atoms with E-state index in [2.05, 4.69) is 0 Å². The van der Waals surface area contributed by atoms with Crippen molar-refractivity contribution < 1.29 is 54.3 Å². The second-order valence-electron chi connectivity index (χ2n) is 5.37. The lowest BCUT2D eigenvalue weighted by molar-refractivity contribution is -0.144. The van der Waals surface area contributed by atoms with Crippen molar-refractivity contribution in [1.82, 2.24) is 0 Å². The molecule has 13 N–H and O–H groups in total. The topological polar surface area (TPSA) is 308 Å². The number of amides is 1. The van der Waals surface area contributed by atoms with Gasteiger partial charge in [0.05, 0.1) is 6.42 Å². The summed E-state index contributed by atoms with van der Waals surface area (Å²) in [5, 5.41) is 40.5. The number of primary amides is 1. The Morgan fingerprint density at radius 3 is 1.14 bits per heavy atom. The van der Waals surface area contributed by atoms with Gasteiger partial charge in [0.2, 0.25) is 5.91 Å². The molecule has 0 aromatic rings. The van der Waals surface area contributed by atoms with E-state index in [0.29, 0.717) is 0 Å². The van der Waals surface area contributed by atoms with E-state index in [9.17, 15) is 28.8 Å². The van der Waals surface area contributed by atoms with Gasteiger partial charge in [0, 0.05) is 12.8 Å². The molecule has 0 aromatic heterocycles. The van der Waals surface area contributed by atoms with E-state index in [-0.39, 0.29) is 25.7 Å². The predicted molar refractivity (Wildman–Crippen MR) is 94.4 cm³/mol. The third kappa shape index (κ3) is 24.7. The molecule has 15 nitrogen and oxygen atoms in total. The summed E-state index contributed by atoms with van der Waals surface area (Å²) in [6.07, 6.45) is -0.633. The molecule has 0 heterocycles. The first kappa shape index (κ1) is 30.4. The predicted octanol–water partition coefficient (Wildman–Crippen LogP) is -3.20. The van der Waals surface area contributed by atoms with Crippen LogP contribution in [0, 0.1) is 0 Å². The summed E-state index contributed by atoms with van der Waals surface area (Å²) in [7, 11) is 0. The molecule has 0 aliphatic rings. The van der Waals surface area contributed by atoms with Gasteiger partial charge in [-0.2, -0.15) is 0 Å². The third-order valence-corrected chi connectivity index (χ3v) is 2.72. The van der Waals surface area contributed by atoms with Gasteiger partial charge in [0.15, 0.2) is 0 Å². The third-order valence-electron chi connectivity index (χ3n) is 2.72. The van der Waals surface area contributed by atoms with Crippen LogP contribution in [0.5, 0.6) is 0 Å². The zero-order valence-corrected chi connectivity index (χ0v) is 15.3. The van der Waals surface area contributed by atoms with Crippen LogP contribution in [0.3, 0.4) is 0 Å². The average Bonchev–Trinajstić information content (AvgIpc) is 2.57. The van der Waals surface area contributed by atoms with Crippen LogP contribution in [0.25, 0.3) is 0 Å². The van der Waals surface area contributed by atoms with Crippen LogP contribution in [0.4, 0.5) is 0 Å². The lowest BCUT2D eigenvalue weighted by Gasteiger charge is -2.01. The fourth-order valence-electron chi connectivity index (χ4n) is 1.10. The summed E-state index contributed by atoms with van der Waals surface area (Å²) in [4.78, 5) is 59.6. The van der Waals surface area contributed by atoms with E-state index in [1.807, 2.05) is 0 Å². The molecule has 0 bridgehead atoms. The molecule has 0 aliphatic carbocycles. The van der Waals surface area contributed by atoms with E-state index < -0.39 is 60.3 Å². The van der Waals surface area contributed by atoms with Crippen molar-refractivity contribution in [2.24, 2.45) is 22.9 Å². The summed E-state index contributed by atoms with van der Waals surface area (Å²) in [5.41, 5.74) is 19.6. The normalized spacial score (nSPS) is 12.5. The number of carboxylic acid groups (broad SMARTS) is 5. The maximum atomic E-state index is 10.1. The zero-order valence-electron chi connectivity index (χ0n) is 15.3. The molecule has 1 amide bonds. The number of carbonyl (C=O) groups is 6. The maximum Gasteiger partial charge on any atom is 0.321 e. The van der Waals surface area contributed by atoms with Crippen molar-refractivity contribution >= 4 is 35.8 Å². The molecule has 0 spiro atoms. The van der Waals surface area contributed by atoms with Gasteiger partial charge in [-0.05, 0) is 12.8 Å². The minimum atomic E-state index is -1.29. The van der Waals surface area contributed by atoms with Crippen molar-refractivity contribution in [3.05, 3.63) is 0 Å². The Labute approximate surface area is 164 Å². The molecule has 0 saturated carbocycles. The average molecular weight is 426 g/mol. The largest absolute Gasteiger partial charge is 0.481 e. The number of carbonyl (C=O) groups excluding carboxylic acids is 1. The molecule has 29 heavy (non-hydrogen) atoms. The van der Waals surface area contributed by atoms with Gasteiger partial charge in [-0.15, -0.1) is 0 Å². The Hall–Kier alpha value is -3.30. The van der Waals surface area contributed by atoms with E-state index in [0.717, 1.165) is 0 Å². The second kappa shape index (κ2) is 16.8. The number of rotatable bonds is 11. The first-order chi connectivity index (χ1) is 13.1. The Bertz CT molecular complexity index is 548. The van der Waals surface area contributed by atoms with Gasteiger partial charge in [0.1, 0.15) is 18.1 Å². The molecular formula is C14H26N4O11. The Morgan fingerprint density at radius 2 is 0.931 bits per heavy atom. The first-order valence-electron chi connectivity index (χ1n) is 7.78. The van der Waals surface area contributed by atoms with Crippen LogP contribution in [0.1, 0.15) is 32.1 Å². The minimum Gasteiger partial charge on any atom is -0.481 e. The second-order valence-corrected chi connectivity index (χ2v) is 5.37. The number of aliphatic carboxylic acids is 5. The highest BCUT2D eigenvalue weighted by Gasteiger charge is 2.14. The Morgan fingerprint density at radius 1 is 0.586 bits per heavy atom. The smallest absolute Gasteiger partial charge is 0.321 e. The van der Waals surface area contributed by atoms with Gasteiger partial charge in [-0.1, -0.05) is 0 Å². The fraction of sp³-hybridized carbons (Fsp3) is 0.571. The highest BCUT2D eigenvalue weighted by molar-refractivity contribution is 5.80. The highest BCUT2D eigenvalue weighted by Crippen LogP contribution is 1.93. The molecule has 0 unspecified atom stereocenters. The Kier molecular flexibility index (Phi) is 17.7. The van der Waals surface area contributed by atoms with Crippen molar-refractivity contribution in [3.8, 4) is 0 Å². The molecule has 3 atom stereocenters. The number of hydrogen-bond acceptors (Lipinski definition) is 9. The quantitative estimate of drug-likeness (QED) is 0.157. The molecule has 15 heteroatoms. The van der Waals surface area contributed by atoms with E-state index in [1.165, 1.54) is 0 Å². The van der Waals surface area contributed by atoms with Gasteiger partial charge in [-0.25, -0.2) is 0 Å². The maximum absolute atomic E-state index is 10.1. The van der Waals surface area contributed by atoms with Crippen LogP contribution < -0.4 is 22.9 Å². The summed E-state index contributed by atoms with van der Waals surface area (Å²) in [5.74, 6) is -6.33. The van der Waals surface area contributed by atoms with Gasteiger partial charge < -0.3 is 48.5 Å². The molecule has 0 radical (unpaired) electrons. The van der Waals surface area contributed by atoms with Crippen LogP contribution in [-0.2, 0) is 28.8 Å². The summed E-state index contributed by atoms with van der Waals surface area (Å²) in [6.45, 7) is 0. The summed E-state index contributed by atoms with van der Waals surface area (Å²) < 4.78 is 0. The molecule has 0 fully saturated rings. The molecule has 0 saturated heterocycles. The van der Waals surface area contributed by atoms with Gasteiger partial charge in [0.25, 0.3) is 0 Å². The van der Waals surface area contributed by atoms with Crippen molar-refractivity contribution in [3.63, 3.8) is 0 Å². The van der Waals surface area contributed by atoms with Crippen molar-refractivity contribution in [2.75, 3.05) is 0 Å². The summed E-state index contributed by atoms with van der Waals surface area (Å²) in [6, 6.07) is -3.33. The van der Waals surface area contributed by atoms with E-state index in [4.69, 9.17) is 48.5 Å². The van der Waals surface area contributed by atoms with Crippen LogP contribution >= 0.6 is 0 Å². The first-order valence-corrected chi connectivity index (χ1v) is 7.78. The number of hydrogen-bond donors (Lipinski definition) is 9. The Balaban J connectivity index is -0.000000350. The van der Waals surface area contributed by atoms with Gasteiger partial charge in [-0.3, -0.25) is 28.8 Å². The van der Waals surface area contributed by atoms with Crippen LogP contribution in [0.15, 0.2) is 0 Å². The van der Waals surface area contributed by atoms with Gasteiger partial charge >= 0.3 is 29.8 Å². The molecule has 0 aliphatic heterocycles. The number of carboxylic acids is 5. The SMILES string of the molecule is NC(=O)CC[C@H](N)C(=O)O.N[C@@H](CC(=O)O)C(=O)O.N[C@@H](CCC(=O)O)C(=O)O. The molecule has 0 rings (SSSR count). The van der Waals surface area contributed by atoms with Crippen LogP contribution in [-0.4, -0.2) is 79.4 Å². The highest BCUT2D eigenvalue weighted by atomic mass is 16.4. The molecular weight excluding hydrogens is 400 g/mol. The zero-order chi connectivity index (χ0) is 23.7. The summed E-state index contributed by atoms with van der Waals surface area (Å²) >= 11 is 0. The molecule has 168 valence electrons. The number of nitrogens with two attached hydrogens (primary N) is 4. The monoisotopic (exact) mass is 426 g/mol. The minimum absolute atomic E-state index is 0.0213. The van der Waals surface area contributed by atoms with Crippen LogP contribution in [0.2, 0.25) is 0 Å². The van der Waals surface area contributed by atoms with Crippen molar-refractivity contribution in [1.29, 1.82) is 0 Å². The van der Waals surface area contributed by atoms with E-state index in [1.54, 1.807) is 0 Å². The lowest BCUT2D eigenvalue weighted by Crippen LogP contribution is -2.32.